The lowest BCUT2D eigenvalue weighted by Gasteiger charge is -2.01. The highest BCUT2D eigenvalue weighted by atomic mass is 127. The lowest BCUT2D eigenvalue weighted by Crippen LogP contribution is -2.17. The molecular formula is C13H11IN2O3. The average Bonchev–Trinajstić information content (AvgIpc) is 2.84. The number of nitrogens with one attached hydrogen (secondary N) is 1. The molecule has 1 heterocycles. The molecule has 2 aromatic rings. The number of hydrogen-bond donors (Lipinski definition) is 1. The van der Waals surface area contributed by atoms with Crippen molar-refractivity contribution in [3.63, 3.8) is 0 Å². The Morgan fingerprint density at radius 2 is 2.05 bits per heavy atom. The largest absolute Gasteiger partial charge is 0.497 e. The van der Waals surface area contributed by atoms with Gasteiger partial charge in [-0.3, -0.25) is 4.79 Å². The summed E-state index contributed by atoms with van der Waals surface area (Å²) in [5.74, 6) is 0.991. The number of hydrogen-bond acceptors (Lipinski definition) is 4. The normalized spacial score (nSPS) is 10.6. The van der Waals surface area contributed by atoms with Gasteiger partial charge < -0.3 is 9.15 Å². The van der Waals surface area contributed by atoms with E-state index in [1.807, 2.05) is 6.07 Å². The van der Waals surface area contributed by atoms with Crippen LogP contribution >= 0.6 is 22.6 Å². The zero-order valence-corrected chi connectivity index (χ0v) is 12.2. The second-order valence-corrected chi connectivity index (χ2v) is 4.63. The van der Waals surface area contributed by atoms with Gasteiger partial charge in [0.25, 0.3) is 5.91 Å². The summed E-state index contributed by atoms with van der Waals surface area (Å²) in [4.78, 5) is 11.7. The summed E-state index contributed by atoms with van der Waals surface area (Å²) in [6.45, 7) is 0. The number of furan rings is 1. The van der Waals surface area contributed by atoms with E-state index in [0.717, 1.165) is 3.77 Å². The smallest absolute Gasteiger partial charge is 0.271 e. The van der Waals surface area contributed by atoms with Crippen LogP contribution in [-0.4, -0.2) is 19.2 Å². The van der Waals surface area contributed by atoms with Crippen molar-refractivity contribution in [3.8, 4) is 5.75 Å². The standard InChI is InChI=1S/C13H11IN2O3/c1-18-10-4-2-9(3-5-10)13(17)16-15-8-11-6-7-12(14)19-11/h2-8H,1H3,(H,16,17)/b15-8+. The molecule has 0 spiro atoms. The minimum Gasteiger partial charge on any atom is -0.497 e. The van der Waals surface area contributed by atoms with Crippen molar-refractivity contribution in [1.82, 2.24) is 5.43 Å². The predicted molar refractivity (Wildman–Crippen MR) is 79.5 cm³/mol. The van der Waals surface area contributed by atoms with E-state index in [4.69, 9.17) is 9.15 Å². The van der Waals surface area contributed by atoms with Crippen molar-refractivity contribution in [2.24, 2.45) is 5.10 Å². The number of methoxy groups -OCH3 is 1. The van der Waals surface area contributed by atoms with Crippen molar-refractivity contribution in [2.45, 2.75) is 0 Å². The van der Waals surface area contributed by atoms with Crippen LogP contribution in [-0.2, 0) is 0 Å². The number of nitrogens with zero attached hydrogens (tertiary/aromatic N) is 1. The molecule has 0 saturated carbocycles. The van der Waals surface area contributed by atoms with Gasteiger partial charge in [0.15, 0.2) is 3.77 Å². The van der Waals surface area contributed by atoms with Crippen LogP contribution in [0.1, 0.15) is 16.1 Å². The van der Waals surface area contributed by atoms with Crippen LogP contribution in [0.25, 0.3) is 0 Å². The van der Waals surface area contributed by atoms with E-state index in [-0.39, 0.29) is 5.91 Å². The molecule has 19 heavy (non-hydrogen) atoms. The number of carbonyl (C=O) groups excluding carboxylic acids is 1. The first-order chi connectivity index (χ1) is 9.19. The lowest BCUT2D eigenvalue weighted by atomic mass is 10.2. The van der Waals surface area contributed by atoms with Gasteiger partial charge in [-0.15, -0.1) is 0 Å². The number of rotatable bonds is 4. The van der Waals surface area contributed by atoms with Crippen molar-refractivity contribution < 1.29 is 13.9 Å². The van der Waals surface area contributed by atoms with Gasteiger partial charge in [0.05, 0.1) is 13.3 Å². The zero-order valence-electron chi connectivity index (χ0n) is 10.1. The van der Waals surface area contributed by atoms with Gasteiger partial charge in [-0.1, -0.05) is 0 Å². The molecule has 0 atom stereocenters. The zero-order chi connectivity index (χ0) is 13.7. The van der Waals surface area contributed by atoms with Crippen molar-refractivity contribution in [2.75, 3.05) is 7.11 Å². The number of ether oxygens (including phenoxy) is 1. The van der Waals surface area contributed by atoms with Crippen LogP contribution in [0.5, 0.6) is 5.75 Å². The third-order valence-electron chi connectivity index (χ3n) is 2.30. The molecule has 0 fully saturated rings. The first-order valence-corrected chi connectivity index (χ1v) is 6.50. The first-order valence-electron chi connectivity index (χ1n) is 5.42. The molecule has 0 aliphatic heterocycles. The van der Waals surface area contributed by atoms with Crippen molar-refractivity contribution >= 4 is 34.7 Å². The fraction of sp³-hybridized carbons (Fsp3) is 0.0769. The number of halogens is 1. The molecule has 1 aromatic carbocycles. The molecule has 0 aliphatic rings. The molecular weight excluding hydrogens is 359 g/mol. The molecule has 0 bridgehead atoms. The average molecular weight is 370 g/mol. The van der Waals surface area contributed by atoms with E-state index < -0.39 is 0 Å². The molecule has 1 amide bonds. The molecule has 0 radical (unpaired) electrons. The van der Waals surface area contributed by atoms with Crippen LogP contribution in [0, 0.1) is 3.77 Å². The van der Waals surface area contributed by atoms with Gasteiger partial charge >= 0.3 is 0 Å². The van der Waals surface area contributed by atoms with Crippen LogP contribution in [0.15, 0.2) is 45.9 Å². The molecule has 0 aliphatic carbocycles. The molecule has 6 heteroatoms. The van der Waals surface area contributed by atoms with E-state index in [9.17, 15) is 4.79 Å². The number of benzene rings is 1. The number of carbonyl (C=O) groups is 1. The van der Waals surface area contributed by atoms with Crippen LogP contribution in [0.4, 0.5) is 0 Å². The fourth-order valence-electron chi connectivity index (χ4n) is 1.36. The van der Waals surface area contributed by atoms with Gasteiger partial charge in [0, 0.05) is 5.56 Å². The maximum absolute atomic E-state index is 11.7. The van der Waals surface area contributed by atoms with Gasteiger partial charge in [0.1, 0.15) is 11.5 Å². The Morgan fingerprint density at radius 1 is 1.32 bits per heavy atom. The Labute approximate surface area is 123 Å². The van der Waals surface area contributed by atoms with Crippen molar-refractivity contribution in [3.05, 3.63) is 51.5 Å². The summed E-state index contributed by atoms with van der Waals surface area (Å²) in [6, 6.07) is 10.3. The molecule has 0 saturated heterocycles. The van der Waals surface area contributed by atoms with Crippen molar-refractivity contribution in [1.29, 1.82) is 0 Å². The van der Waals surface area contributed by atoms with Gasteiger partial charge in [-0.2, -0.15) is 5.10 Å². The molecule has 1 aromatic heterocycles. The number of hydrazone groups is 1. The van der Waals surface area contributed by atoms with Gasteiger partial charge in [0.2, 0.25) is 0 Å². The Kier molecular flexibility index (Phi) is 4.56. The second kappa shape index (κ2) is 6.37. The first kappa shape index (κ1) is 13.6. The van der Waals surface area contributed by atoms with E-state index >= 15 is 0 Å². The van der Waals surface area contributed by atoms with E-state index in [0.29, 0.717) is 17.1 Å². The van der Waals surface area contributed by atoms with E-state index in [1.54, 1.807) is 37.4 Å². The second-order valence-electron chi connectivity index (χ2n) is 3.57. The highest BCUT2D eigenvalue weighted by molar-refractivity contribution is 14.1. The Morgan fingerprint density at radius 3 is 2.63 bits per heavy atom. The lowest BCUT2D eigenvalue weighted by molar-refractivity contribution is 0.0955. The van der Waals surface area contributed by atoms with E-state index in [2.05, 4.69) is 33.1 Å². The quantitative estimate of drug-likeness (QED) is 0.511. The third kappa shape index (κ3) is 3.82. The summed E-state index contributed by atoms with van der Waals surface area (Å²) in [5.41, 5.74) is 2.93. The topological polar surface area (TPSA) is 63.8 Å². The number of amides is 1. The molecule has 98 valence electrons. The van der Waals surface area contributed by atoms with Crippen LogP contribution in [0.2, 0.25) is 0 Å². The predicted octanol–water partition coefficient (Wildman–Crippen LogP) is 2.66. The molecule has 2 rings (SSSR count). The Balaban J connectivity index is 1.95. The third-order valence-corrected chi connectivity index (χ3v) is 2.88. The van der Waals surface area contributed by atoms with Crippen LogP contribution < -0.4 is 10.2 Å². The molecule has 1 N–H and O–H groups in total. The Bertz CT molecular complexity index is 590. The minimum atomic E-state index is -0.292. The minimum absolute atomic E-state index is 0.292. The highest BCUT2D eigenvalue weighted by Gasteiger charge is 2.04. The summed E-state index contributed by atoms with van der Waals surface area (Å²) < 4.78 is 11.1. The maximum atomic E-state index is 11.7. The van der Waals surface area contributed by atoms with Crippen LogP contribution in [0.3, 0.4) is 0 Å². The summed E-state index contributed by atoms with van der Waals surface area (Å²) in [5, 5.41) is 3.82. The Hall–Kier alpha value is -1.83. The monoisotopic (exact) mass is 370 g/mol. The van der Waals surface area contributed by atoms with E-state index in [1.165, 1.54) is 6.21 Å². The SMILES string of the molecule is COc1ccc(C(=O)N/N=C/c2ccc(I)o2)cc1. The summed E-state index contributed by atoms with van der Waals surface area (Å²) in [6.07, 6.45) is 1.45. The maximum Gasteiger partial charge on any atom is 0.271 e. The fourth-order valence-corrected chi connectivity index (χ4v) is 1.79. The molecule has 5 nitrogen and oxygen atoms in total. The highest BCUT2D eigenvalue weighted by Crippen LogP contribution is 2.11. The summed E-state index contributed by atoms with van der Waals surface area (Å²) in [7, 11) is 1.57. The van der Waals surface area contributed by atoms with Gasteiger partial charge in [-0.25, -0.2) is 5.43 Å². The van der Waals surface area contributed by atoms with Gasteiger partial charge in [-0.05, 0) is 59.0 Å². The summed E-state index contributed by atoms with van der Waals surface area (Å²) >= 11 is 2.05. The molecule has 0 unspecified atom stereocenters.